The van der Waals surface area contributed by atoms with Gasteiger partial charge in [0.05, 0.1) is 0 Å². The van der Waals surface area contributed by atoms with Crippen molar-refractivity contribution in [3.05, 3.63) is 24.3 Å². The van der Waals surface area contributed by atoms with Gasteiger partial charge in [-0.15, -0.1) is 0 Å². The maximum atomic E-state index is 12.9. The smallest absolute Gasteiger partial charge is 0.214 e. The molecule has 1 heterocycles. The van der Waals surface area contributed by atoms with Crippen molar-refractivity contribution in [2.45, 2.75) is 44.6 Å². The largest absolute Gasteiger partial charge is 0.385 e. The van der Waals surface area contributed by atoms with Crippen LogP contribution in [0.5, 0.6) is 0 Å². The number of halogens is 1. The van der Waals surface area contributed by atoms with Crippen molar-refractivity contribution < 1.29 is 4.39 Å². The van der Waals surface area contributed by atoms with Crippen molar-refractivity contribution in [3.63, 3.8) is 0 Å². The number of hydrogen-bond acceptors (Lipinski definition) is 3. The Morgan fingerprint density at radius 2 is 2.16 bits per heavy atom. The minimum Gasteiger partial charge on any atom is -0.385 e. The van der Waals surface area contributed by atoms with Crippen molar-refractivity contribution in [1.29, 1.82) is 0 Å². The predicted octanol–water partition coefficient (Wildman–Crippen LogP) is 3.29. The van der Waals surface area contributed by atoms with Gasteiger partial charge in [0.15, 0.2) is 0 Å². The molecule has 19 heavy (non-hydrogen) atoms. The van der Waals surface area contributed by atoms with E-state index >= 15 is 0 Å². The van der Waals surface area contributed by atoms with E-state index in [-0.39, 0.29) is 0 Å². The van der Waals surface area contributed by atoms with Crippen molar-refractivity contribution in [2.24, 2.45) is 0 Å². The van der Waals surface area contributed by atoms with Crippen molar-refractivity contribution >= 4 is 5.69 Å². The van der Waals surface area contributed by atoms with E-state index in [1.165, 1.54) is 44.4 Å². The van der Waals surface area contributed by atoms with Crippen LogP contribution in [0.25, 0.3) is 0 Å². The molecule has 1 fully saturated rings. The summed E-state index contributed by atoms with van der Waals surface area (Å²) in [5.41, 5.74) is 0.813. The van der Waals surface area contributed by atoms with E-state index in [0.717, 1.165) is 31.2 Å². The van der Waals surface area contributed by atoms with E-state index in [1.54, 1.807) is 6.07 Å². The summed E-state index contributed by atoms with van der Waals surface area (Å²) in [5, 5.41) is 3.24. The molecule has 0 spiro atoms. The lowest BCUT2D eigenvalue weighted by molar-refractivity contribution is 0.191. The lowest BCUT2D eigenvalue weighted by Gasteiger charge is -2.31. The lowest BCUT2D eigenvalue weighted by atomic mass is 9.94. The zero-order valence-corrected chi connectivity index (χ0v) is 11.7. The first kappa shape index (κ1) is 14.3. The van der Waals surface area contributed by atoms with Gasteiger partial charge in [-0.25, -0.2) is 4.98 Å². The molecular weight excluding hydrogens is 241 g/mol. The van der Waals surface area contributed by atoms with E-state index in [2.05, 4.69) is 22.2 Å². The molecule has 1 aliphatic carbocycles. The Kier molecular flexibility index (Phi) is 5.58. The number of aromatic nitrogens is 1. The summed E-state index contributed by atoms with van der Waals surface area (Å²) in [4.78, 5) is 6.02. The summed E-state index contributed by atoms with van der Waals surface area (Å²) in [6.07, 6.45) is 9.42. The number of nitrogens with zero attached hydrogens (tertiary/aromatic N) is 2. The SMILES string of the molecule is CN(CCCNc1ccnc(F)c1)C1CCCCC1. The van der Waals surface area contributed by atoms with Crippen LogP contribution in [0.4, 0.5) is 10.1 Å². The molecule has 1 aliphatic rings. The molecule has 2 rings (SSSR count). The van der Waals surface area contributed by atoms with Crippen LogP contribution in [0.3, 0.4) is 0 Å². The number of hydrogen-bond donors (Lipinski definition) is 1. The molecule has 106 valence electrons. The summed E-state index contributed by atoms with van der Waals surface area (Å²) in [5.74, 6) is -0.427. The minimum atomic E-state index is -0.427. The van der Waals surface area contributed by atoms with Gasteiger partial charge in [0.25, 0.3) is 0 Å². The molecule has 1 saturated carbocycles. The van der Waals surface area contributed by atoms with E-state index in [9.17, 15) is 4.39 Å². The summed E-state index contributed by atoms with van der Waals surface area (Å²) in [7, 11) is 2.22. The molecule has 0 unspecified atom stereocenters. The lowest BCUT2D eigenvalue weighted by Crippen LogP contribution is -2.34. The second-order valence-corrected chi connectivity index (χ2v) is 5.42. The van der Waals surface area contributed by atoms with Gasteiger partial charge in [-0.1, -0.05) is 19.3 Å². The molecule has 0 aliphatic heterocycles. The fraction of sp³-hybridized carbons (Fsp3) is 0.667. The Morgan fingerprint density at radius 3 is 2.89 bits per heavy atom. The van der Waals surface area contributed by atoms with Gasteiger partial charge in [-0.3, -0.25) is 0 Å². The Bertz CT molecular complexity index is 377. The molecule has 0 radical (unpaired) electrons. The summed E-state index contributed by atoms with van der Waals surface area (Å²) in [6.45, 7) is 1.98. The fourth-order valence-electron chi connectivity index (χ4n) is 2.78. The van der Waals surface area contributed by atoms with E-state index in [0.29, 0.717) is 0 Å². The van der Waals surface area contributed by atoms with Crippen LogP contribution in [-0.2, 0) is 0 Å². The second-order valence-electron chi connectivity index (χ2n) is 5.42. The quantitative estimate of drug-likeness (QED) is 0.632. The highest BCUT2D eigenvalue weighted by Crippen LogP contribution is 2.21. The standard InChI is InChI=1S/C15H24FN3/c1-19(14-6-3-2-4-7-14)11-5-9-17-13-8-10-18-15(16)12-13/h8,10,12,14H,2-7,9,11H2,1H3,(H,17,18). The number of pyridine rings is 1. The molecule has 1 N–H and O–H groups in total. The third kappa shape index (κ3) is 4.78. The normalized spacial score (nSPS) is 16.8. The molecule has 4 heteroatoms. The van der Waals surface area contributed by atoms with Crippen LogP contribution in [0.1, 0.15) is 38.5 Å². The Labute approximate surface area is 115 Å². The fourth-order valence-corrected chi connectivity index (χ4v) is 2.78. The van der Waals surface area contributed by atoms with E-state index in [4.69, 9.17) is 0 Å². The van der Waals surface area contributed by atoms with Gasteiger partial charge in [0.2, 0.25) is 5.95 Å². The molecule has 3 nitrogen and oxygen atoms in total. The van der Waals surface area contributed by atoms with Crippen LogP contribution < -0.4 is 5.32 Å². The molecule has 0 atom stereocenters. The van der Waals surface area contributed by atoms with Gasteiger partial charge in [0.1, 0.15) is 0 Å². The van der Waals surface area contributed by atoms with Crippen LogP contribution in [-0.4, -0.2) is 36.1 Å². The summed E-state index contributed by atoms with van der Waals surface area (Å²) >= 11 is 0. The molecular formula is C15H24FN3. The number of nitrogens with one attached hydrogen (secondary N) is 1. The second kappa shape index (κ2) is 7.43. The van der Waals surface area contributed by atoms with Crippen LogP contribution in [0.2, 0.25) is 0 Å². The highest BCUT2D eigenvalue weighted by molar-refractivity contribution is 5.40. The zero-order valence-electron chi connectivity index (χ0n) is 11.7. The van der Waals surface area contributed by atoms with Crippen molar-refractivity contribution in [3.8, 4) is 0 Å². The molecule has 0 saturated heterocycles. The van der Waals surface area contributed by atoms with Crippen LogP contribution in [0.15, 0.2) is 18.3 Å². The highest BCUT2D eigenvalue weighted by atomic mass is 19.1. The van der Waals surface area contributed by atoms with Gasteiger partial charge in [0, 0.05) is 30.5 Å². The van der Waals surface area contributed by atoms with Gasteiger partial charge < -0.3 is 10.2 Å². The monoisotopic (exact) mass is 265 g/mol. The average Bonchev–Trinajstić information content (AvgIpc) is 2.44. The highest BCUT2D eigenvalue weighted by Gasteiger charge is 2.17. The third-order valence-corrected chi connectivity index (χ3v) is 3.94. The Morgan fingerprint density at radius 1 is 1.37 bits per heavy atom. The predicted molar refractivity (Wildman–Crippen MR) is 76.8 cm³/mol. The zero-order chi connectivity index (χ0) is 13.5. The third-order valence-electron chi connectivity index (χ3n) is 3.94. The van der Waals surface area contributed by atoms with Gasteiger partial charge in [-0.2, -0.15) is 4.39 Å². The van der Waals surface area contributed by atoms with Crippen LogP contribution in [0, 0.1) is 5.95 Å². The number of anilines is 1. The maximum absolute atomic E-state index is 12.9. The summed E-state index contributed by atoms with van der Waals surface area (Å²) in [6, 6.07) is 4.01. The molecule has 0 bridgehead atoms. The molecule has 1 aromatic rings. The average molecular weight is 265 g/mol. The molecule has 1 aromatic heterocycles. The van der Waals surface area contributed by atoms with E-state index < -0.39 is 5.95 Å². The first-order valence-corrected chi connectivity index (χ1v) is 7.31. The van der Waals surface area contributed by atoms with Crippen molar-refractivity contribution in [2.75, 3.05) is 25.5 Å². The Hall–Kier alpha value is -1.16. The maximum Gasteiger partial charge on any atom is 0.214 e. The number of rotatable bonds is 6. The first-order chi connectivity index (χ1) is 9.25. The van der Waals surface area contributed by atoms with Crippen LogP contribution >= 0.6 is 0 Å². The van der Waals surface area contributed by atoms with E-state index in [1.807, 2.05) is 0 Å². The first-order valence-electron chi connectivity index (χ1n) is 7.31. The van der Waals surface area contributed by atoms with Crippen molar-refractivity contribution in [1.82, 2.24) is 9.88 Å². The summed E-state index contributed by atoms with van der Waals surface area (Å²) < 4.78 is 12.9. The molecule has 0 amide bonds. The molecule has 0 aromatic carbocycles. The topological polar surface area (TPSA) is 28.2 Å². The minimum absolute atomic E-state index is 0.427. The van der Waals surface area contributed by atoms with Gasteiger partial charge >= 0.3 is 0 Å². The van der Waals surface area contributed by atoms with Gasteiger partial charge in [-0.05, 0) is 38.9 Å². The Balaban J connectivity index is 1.63.